The number of hydrogen-bond donors (Lipinski definition) is 1. The molecule has 3 aromatic carbocycles. The minimum absolute atomic E-state index is 0.219. The molecule has 3 aromatic rings. The number of unbranched alkanes of at least 4 members (excludes halogenated alkanes) is 4. The second-order valence-electron chi connectivity index (χ2n) is 9.51. The van der Waals surface area contributed by atoms with Gasteiger partial charge in [0.25, 0.3) is 5.91 Å². The molecule has 0 spiro atoms. The third-order valence-electron chi connectivity index (χ3n) is 6.48. The van der Waals surface area contributed by atoms with Crippen molar-refractivity contribution >= 4 is 11.9 Å². The molecule has 38 heavy (non-hydrogen) atoms. The van der Waals surface area contributed by atoms with Crippen LogP contribution >= 0.6 is 0 Å². The van der Waals surface area contributed by atoms with Crippen LogP contribution in [-0.4, -0.2) is 28.4 Å². The summed E-state index contributed by atoms with van der Waals surface area (Å²) < 4.78 is 14.8. The van der Waals surface area contributed by atoms with Gasteiger partial charge >= 0.3 is 5.97 Å². The monoisotopic (exact) mass is 513 g/mol. The maximum atomic E-state index is 14.8. The normalized spacial score (nSPS) is 10.5. The maximum absolute atomic E-state index is 14.8. The number of carboxylic acids is 1. The Balaban J connectivity index is 1.73. The van der Waals surface area contributed by atoms with E-state index in [2.05, 4.69) is 37.8 Å². The fourth-order valence-electron chi connectivity index (χ4n) is 4.21. The van der Waals surface area contributed by atoms with E-state index in [1.54, 1.807) is 4.90 Å². The average Bonchev–Trinajstić information content (AvgIpc) is 2.93. The number of amides is 1. The SMILES string of the molecule is CCCCCCN(Cc1ccc(C#Cc2ccc(CCCC)cc2)cc1)C(=O)c1cccc(C(=O)O)c1F. The molecule has 3 rings (SSSR count). The van der Waals surface area contributed by atoms with Crippen molar-refractivity contribution in [1.82, 2.24) is 4.90 Å². The summed E-state index contributed by atoms with van der Waals surface area (Å²) in [6.45, 7) is 5.07. The van der Waals surface area contributed by atoms with Gasteiger partial charge in [0, 0.05) is 24.2 Å². The highest BCUT2D eigenvalue weighted by Crippen LogP contribution is 2.18. The number of benzene rings is 3. The van der Waals surface area contributed by atoms with E-state index in [1.807, 2.05) is 36.4 Å². The predicted octanol–water partition coefficient (Wildman–Crippen LogP) is 7.49. The number of carbonyl (C=O) groups excluding carboxylic acids is 1. The lowest BCUT2D eigenvalue weighted by Crippen LogP contribution is -2.32. The van der Waals surface area contributed by atoms with Crippen molar-refractivity contribution < 1.29 is 19.1 Å². The van der Waals surface area contributed by atoms with Gasteiger partial charge in [-0.05, 0) is 66.8 Å². The van der Waals surface area contributed by atoms with E-state index in [9.17, 15) is 19.1 Å². The molecule has 0 fully saturated rings. The number of halogens is 1. The third-order valence-corrected chi connectivity index (χ3v) is 6.48. The number of hydrogen-bond acceptors (Lipinski definition) is 2. The maximum Gasteiger partial charge on any atom is 0.338 e. The highest BCUT2D eigenvalue weighted by Gasteiger charge is 2.23. The van der Waals surface area contributed by atoms with Gasteiger partial charge in [0.1, 0.15) is 5.82 Å². The molecular formula is C33H36FNO3. The lowest BCUT2D eigenvalue weighted by molar-refractivity contribution is 0.0691. The number of carbonyl (C=O) groups is 2. The van der Waals surface area contributed by atoms with Crippen molar-refractivity contribution in [2.75, 3.05) is 6.54 Å². The summed E-state index contributed by atoms with van der Waals surface area (Å²) in [7, 11) is 0. The second kappa shape index (κ2) is 14.7. The van der Waals surface area contributed by atoms with Crippen LogP contribution in [0.1, 0.15) is 95.3 Å². The first-order chi connectivity index (χ1) is 18.4. The summed E-state index contributed by atoms with van der Waals surface area (Å²) in [4.78, 5) is 26.2. The Hall–Kier alpha value is -3.91. The van der Waals surface area contributed by atoms with Crippen LogP contribution in [0, 0.1) is 17.7 Å². The van der Waals surface area contributed by atoms with Gasteiger partial charge in [0.15, 0.2) is 0 Å². The zero-order chi connectivity index (χ0) is 27.3. The standard InChI is InChI=1S/C33H36FNO3/c1-3-5-7-8-23-35(32(36)29-11-9-12-30(31(29)34)33(37)38)24-28-21-19-27(20-22-28)18-17-26-15-13-25(14-16-26)10-6-4-2/h9,11-16,19-22H,3-8,10,23-24H2,1-2H3,(H,37,38). The smallest absolute Gasteiger partial charge is 0.338 e. The molecule has 0 radical (unpaired) electrons. The van der Waals surface area contributed by atoms with Crippen molar-refractivity contribution in [3.8, 4) is 11.8 Å². The van der Waals surface area contributed by atoms with Crippen LogP contribution in [0.2, 0.25) is 0 Å². The molecule has 0 aliphatic carbocycles. The van der Waals surface area contributed by atoms with Crippen LogP contribution in [0.3, 0.4) is 0 Å². The predicted molar refractivity (Wildman–Crippen MR) is 150 cm³/mol. The lowest BCUT2D eigenvalue weighted by atomic mass is 10.1. The second-order valence-corrected chi connectivity index (χ2v) is 9.51. The van der Waals surface area contributed by atoms with Gasteiger partial charge in [-0.15, -0.1) is 0 Å². The first kappa shape index (κ1) is 28.7. The Bertz CT molecular complexity index is 1270. The lowest BCUT2D eigenvalue weighted by Gasteiger charge is -2.23. The minimum atomic E-state index is -1.39. The molecule has 0 aliphatic rings. The van der Waals surface area contributed by atoms with Crippen LogP contribution in [0.5, 0.6) is 0 Å². The number of carboxylic acid groups (broad SMARTS) is 1. The fourth-order valence-corrected chi connectivity index (χ4v) is 4.21. The van der Waals surface area contributed by atoms with Gasteiger partial charge < -0.3 is 10.0 Å². The molecule has 0 bridgehead atoms. The zero-order valence-electron chi connectivity index (χ0n) is 22.3. The van der Waals surface area contributed by atoms with Crippen LogP contribution in [-0.2, 0) is 13.0 Å². The van der Waals surface area contributed by atoms with E-state index in [0.717, 1.165) is 48.8 Å². The molecule has 4 nitrogen and oxygen atoms in total. The van der Waals surface area contributed by atoms with Crippen LogP contribution in [0.25, 0.3) is 0 Å². The summed E-state index contributed by atoms with van der Waals surface area (Å²) >= 11 is 0. The number of aromatic carboxylic acids is 1. The van der Waals surface area contributed by atoms with Gasteiger partial charge in [0.05, 0.1) is 11.1 Å². The Morgan fingerprint density at radius 2 is 1.34 bits per heavy atom. The van der Waals surface area contributed by atoms with E-state index < -0.39 is 23.3 Å². The molecule has 198 valence electrons. The van der Waals surface area contributed by atoms with Gasteiger partial charge in [-0.25, -0.2) is 9.18 Å². The Morgan fingerprint density at radius 1 is 0.763 bits per heavy atom. The first-order valence-corrected chi connectivity index (χ1v) is 13.4. The van der Waals surface area contributed by atoms with Crippen LogP contribution in [0.15, 0.2) is 66.7 Å². The van der Waals surface area contributed by atoms with Crippen molar-refractivity contribution in [2.24, 2.45) is 0 Å². The van der Waals surface area contributed by atoms with Gasteiger partial charge in [-0.1, -0.05) is 81.7 Å². The summed E-state index contributed by atoms with van der Waals surface area (Å²) in [6.07, 6.45) is 7.32. The van der Waals surface area contributed by atoms with E-state index in [0.29, 0.717) is 13.1 Å². The Labute approximate surface area is 225 Å². The molecule has 5 heteroatoms. The molecule has 0 saturated heterocycles. The third kappa shape index (κ3) is 8.31. The molecule has 1 amide bonds. The Kier molecular flexibility index (Phi) is 11.1. The van der Waals surface area contributed by atoms with Crippen molar-refractivity contribution in [1.29, 1.82) is 0 Å². The average molecular weight is 514 g/mol. The van der Waals surface area contributed by atoms with E-state index in [1.165, 1.54) is 36.6 Å². The van der Waals surface area contributed by atoms with E-state index in [4.69, 9.17) is 0 Å². The topological polar surface area (TPSA) is 57.6 Å². The van der Waals surface area contributed by atoms with Gasteiger partial charge in [-0.3, -0.25) is 4.79 Å². The van der Waals surface area contributed by atoms with Crippen LogP contribution in [0.4, 0.5) is 4.39 Å². The fraction of sp³-hybridized carbons (Fsp3) is 0.333. The van der Waals surface area contributed by atoms with Crippen molar-refractivity contribution in [3.05, 3.63) is 106 Å². The molecule has 0 saturated carbocycles. The van der Waals surface area contributed by atoms with Crippen molar-refractivity contribution in [3.63, 3.8) is 0 Å². The molecule has 0 aromatic heterocycles. The summed E-state index contributed by atoms with van der Waals surface area (Å²) in [5.41, 5.74) is 3.33. The van der Waals surface area contributed by atoms with E-state index in [-0.39, 0.29) is 5.56 Å². The van der Waals surface area contributed by atoms with Gasteiger partial charge in [-0.2, -0.15) is 0 Å². The van der Waals surface area contributed by atoms with E-state index >= 15 is 0 Å². The molecule has 1 N–H and O–H groups in total. The highest BCUT2D eigenvalue weighted by atomic mass is 19.1. The minimum Gasteiger partial charge on any atom is -0.478 e. The molecule has 0 aliphatic heterocycles. The summed E-state index contributed by atoms with van der Waals surface area (Å²) in [6, 6.07) is 20.0. The quantitative estimate of drug-likeness (QED) is 0.202. The highest BCUT2D eigenvalue weighted by molar-refractivity contribution is 5.98. The molecule has 0 atom stereocenters. The first-order valence-electron chi connectivity index (χ1n) is 13.4. The Morgan fingerprint density at radius 3 is 1.92 bits per heavy atom. The molecule has 0 heterocycles. The molecular weight excluding hydrogens is 477 g/mol. The molecule has 0 unspecified atom stereocenters. The van der Waals surface area contributed by atoms with Gasteiger partial charge in [0.2, 0.25) is 0 Å². The number of rotatable bonds is 12. The van der Waals surface area contributed by atoms with Crippen LogP contribution < -0.4 is 0 Å². The largest absolute Gasteiger partial charge is 0.478 e. The number of aryl methyl sites for hydroxylation is 1. The van der Waals surface area contributed by atoms with Crippen molar-refractivity contribution in [2.45, 2.75) is 65.3 Å². The summed E-state index contributed by atoms with van der Waals surface area (Å²) in [5, 5.41) is 9.26. The zero-order valence-corrected chi connectivity index (χ0v) is 22.3. The summed E-state index contributed by atoms with van der Waals surface area (Å²) in [5.74, 6) is 3.50. The number of nitrogens with zero attached hydrogens (tertiary/aromatic N) is 1.